The monoisotopic (exact) mass is 533 g/mol. The minimum absolute atomic E-state index is 0. The van der Waals surface area contributed by atoms with Crippen molar-refractivity contribution in [3.63, 3.8) is 0 Å². The van der Waals surface area contributed by atoms with Crippen LogP contribution >= 0.6 is 13.5 Å². The van der Waals surface area contributed by atoms with Crippen LogP contribution in [0.25, 0.3) is 33.5 Å². The lowest BCUT2D eigenvalue weighted by Gasteiger charge is -2.30. The average molecular weight is 534 g/mol. The summed E-state index contributed by atoms with van der Waals surface area (Å²) in [6.07, 6.45) is 5.94. The van der Waals surface area contributed by atoms with Crippen LogP contribution in [0.15, 0.2) is 41.6 Å². The summed E-state index contributed by atoms with van der Waals surface area (Å²) in [6, 6.07) is 5.74. The Balaban J connectivity index is 0.00000294. The number of aromatic nitrogens is 7. The summed E-state index contributed by atoms with van der Waals surface area (Å²) in [6.45, 7) is 7.24. The molecule has 0 saturated carbocycles. The van der Waals surface area contributed by atoms with Crippen LogP contribution < -0.4 is 15.8 Å². The number of morpholine rings is 1. The van der Waals surface area contributed by atoms with Crippen LogP contribution in [-0.4, -0.2) is 61.0 Å². The molecule has 0 unspecified atom stereocenters. The summed E-state index contributed by atoms with van der Waals surface area (Å²) in [7, 11) is 1.83. The molecule has 1 aliphatic heterocycles. The predicted molar refractivity (Wildman–Crippen MR) is 153 cm³/mol. The van der Waals surface area contributed by atoms with E-state index in [1.54, 1.807) is 29.3 Å². The zero-order chi connectivity index (χ0) is 25.5. The number of ether oxygens (including phenoxy) is 1. The van der Waals surface area contributed by atoms with Gasteiger partial charge in [0, 0.05) is 44.4 Å². The number of rotatable bonds is 6. The molecule has 5 heterocycles. The third-order valence-corrected chi connectivity index (χ3v) is 6.80. The molecular weight excluding hydrogens is 502 g/mol. The Bertz CT molecular complexity index is 1640. The molecule has 0 aliphatic carbocycles. The Hall–Kier alpha value is -3.90. The Kier molecular flexibility index (Phi) is 7.09. The van der Waals surface area contributed by atoms with E-state index in [-0.39, 0.29) is 25.1 Å². The smallest absolute Gasteiger partial charge is 0.261 e. The maximum Gasteiger partial charge on any atom is 0.261 e. The zero-order valence-electron chi connectivity index (χ0n) is 21.6. The standard InChI is InChI=1S/C26H29N9O2.H2S/c1-4-16(24-27-6-5-7-28-24)29-23-21(26(36)32-19-14-34(3)33-22(19)23)25-30-17-12-15(2)20(13-18(17)31-25)35-8-10-37-11-9-35;/h5-7,12-14,16,29H,4,8-11H2,1-3H3,(H,30,31)(H,32,36);1H2/t16-;/m0./s1. The van der Waals surface area contributed by atoms with Gasteiger partial charge in [-0.05, 0) is 37.1 Å². The molecule has 0 spiro atoms. The Morgan fingerprint density at radius 2 is 1.89 bits per heavy atom. The molecule has 12 heteroatoms. The van der Waals surface area contributed by atoms with Gasteiger partial charge in [-0.2, -0.15) is 18.6 Å². The first-order chi connectivity index (χ1) is 18.0. The second-order valence-electron chi connectivity index (χ2n) is 9.32. The Morgan fingerprint density at radius 3 is 2.63 bits per heavy atom. The molecule has 1 saturated heterocycles. The number of pyridine rings is 1. The van der Waals surface area contributed by atoms with Gasteiger partial charge in [-0.25, -0.2) is 15.0 Å². The second-order valence-corrected chi connectivity index (χ2v) is 9.32. The highest BCUT2D eigenvalue weighted by atomic mass is 32.1. The number of aromatic amines is 2. The molecule has 0 amide bonds. The van der Waals surface area contributed by atoms with E-state index >= 15 is 0 Å². The Labute approximate surface area is 226 Å². The molecular formula is C26H31N9O2S. The van der Waals surface area contributed by atoms with Crippen LogP contribution in [0.5, 0.6) is 0 Å². The van der Waals surface area contributed by atoms with E-state index in [9.17, 15) is 4.79 Å². The van der Waals surface area contributed by atoms with Crippen molar-refractivity contribution < 1.29 is 4.74 Å². The van der Waals surface area contributed by atoms with Gasteiger partial charge in [-0.15, -0.1) is 0 Å². The quantitative estimate of drug-likeness (QED) is 0.303. The number of benzene rings is 1. The molecule has 11 nitrogen and oxygen atoms in total. The molecule has 6 rings (SSSR count). The fraction of sp³-hybridized carbons (Fsp3) is 0.346. The number of imidazole rings is 1. The number of nitrogens with zero attached hydrogens (tertiary/aromatic N) is 6. The van der Waals surface area contributed by atoms with E-state index in [0.29, 0.717) is 53.6 Å². The highest BCUT2D eigenvalue weighted by Crippen LogP contribution is 2.34. The molecule has 1 fully saturated rings. The highest BCUT2D eigenvalue weighted by Gasteiger charge is 2.24. The number of H-pyrrole nitrogens is 2. The Morgan fingerprint density at radius 1 is 1.13 bits per heavy atom. The molecule has 1 aliphatic rings. The van der Waals surface area contributed by atoms with Crippen LogP contribution in [-0.2, 0) is 11.8 Å². The van der Waals surface area contributed by atoms with Crippen molar-refractivity contribution in [2.75, 3.05) is 36.5 Å². The number of nitrogens with one attached hydrogen (secondary N) is 3. The van der Waals surface area contributed by atoms with Gasteiger partial charge < -0.3 is 24.9 Å². The average Bonchev–Trinajstić information content (AvgIpc) is 3.49. The van der Waals surface area contributed by atoms with Gasteiger partial charge in [-0.1, -0.05) is 6.92 Å². The first-order valence-corrected chi connectivity index (χ1v) is 12.5. The van der Waals surface area contributed by atoms with Gasteiger partial charge in [0.15, 0.2) is 0 Å². The van der Waals surface area contributed by atoms with Gasteiger partial charge in [-0.3, -0.25) is 9.48 Å². The molecule has 0 bridgehead atoms. The number of hydrogen-bond acceptors (Lipinski definition) is 8. The topological polar surface area (TPSA) is 130 Å². The first-order valence-electron chi connectivity index (χ1n) is 12.5. The van der Waals surface area contributed by atoms with E-state index in [2.05, 4.69) is 54.3 Å². The van der Waals surface area contributed by atoms with Gasteiger partial charge in [0.25, 0.3) is 5.56 Å². The zero-order valence-corrected chi connectivity index (χ0v) is 22.6. The predicted octanol–water partition coefficient (Wildman–Crippen LogP) is 3.42. The van der Waals surface area contributed by atoms with E-state index in [0.717, 1.165) is 35.4 Å². The number of aryl methyl sites for hydroxylation is 2. The second kappa shape index (κ2) is 10.5. The lowest BCUT2D eigenvalue weighted by molar-refractivity contribution is 0.122. The summed E-state index contributed by atoms with van der Waals surface area (Å²) in [5.41, 5.74) is 5.99. The number of anilines is 2. The van der Waals surface area contributed by atoms with Crippen molar-refractivity contribution >= 4 is 46.9 Å². The van der Waals surface area contributed by atoms with Crippen molar-refractivity contribution in [3.05, 3.63) is 58.5 Å². The van der Waals surface area contributed by atoms with Gasteiger partial charge >= 0.3 is 0 Å². The lowest BCUT2D eigenvalue weighted by atomic mass is 10.1. The third-order valence-electron chi connectivity index (χ3n) is 6.80. The van der Waals surface area contributed by atoms with Crippen molar-refractivity contribution in [2.45, 2.75) is 26.3 Å². The minimum Gasteiger partial charge on any atom is -0.378 e. The largest absolute Gasteiger partial charge is 0.378 e. The van der Waals surface area contributed by atoms with E-state index in [1.165, 1.54) is 0 Å². The van der Waals surface area contributed by atoms with Crippen molar-refractivity contribution in [1.29, 1.82) is 0 Å². The van der Waals surface area contributed by atoms with Crippen LogP contribution in [0.3, 0.4) is 0 Å². The molecule has 3 N–H and O–H groups in total. The third kappa shape index (κ3) is 4.61. The number of hydrogen-bond donors (Lipinski definition) is 3. The normalized spacial score (nSPS) is 14.6. The SMILES string of the molecule is CC[C@H](Nc1c(-c2nc3cc(N4CCOCC4)c(C)cc3[nH]2)c(=O)[nH]c2cn(C)nc12)c1ncccn1.S. The van der Waals surface area contributed by atoms with Crippen LogP contribution in [0, 0.1) is 6.92 Å². The van der Waals surface area contributed by atoms with E-state index in [1.807, 2.05) is 14.0 Å². The molecule has 0 radical (unpaired) electrons. The molecule has 1 atom stereocenters. The minimum atomic E-state index is -0.254. The van der Waals surface area contributed by atoms with Gasteiger partial charge in [0.1, 0.15) is 22.7 Å². The van der Waals surface area contributed by atoms with Crippen molar-refractivity contribution in [2.24, 2.45) is 7.05 Å². The molecule has 5 aromatic rings. The van der Waals surface area contributed by atoms with Crippen LogP contribution in [0.1, 0.15) is 30.8 Å². The summed E-state index contributed by atoms with van der Waals surface area (Å²) in [5, 5.41) is 8.17. The lowest BCUT2D eigenvalue weighted by Crippen LogP contribution is -2.36. The molecule has 38 heavy (non-hydrogen) atoms. The van der Waals surface area contributed by atoms with Gasteiger partial charge in [0.05, 0.1) is 41.5 Å². The maximum absolute atomic E-state index is 13.5. The molecule has 1 aromatic carbocycles. The summed E-state index contributed by atoms with van der Waals surface area (Å²) < 4.78 is 7.21. The van der Waals surface area contributed by atoms with Crippen LogP contribution in [0.2, 0.25) is 0 Å². The fourth-order valence-electron chi connectivity index (χ4n) is 4.98. The van der Waals surface area contributed by atoms with Crippen LogP contribution in [0.4, 0.5) is 11.4 Å². The summed E-state index contributed by atoms with van der Waals surface area (Å²) >= 11 is 0. The molecule has 198 valence electrons. The van der Waals surface area contributed by atoms with E-state index in [4.69, 9.17) is 9.72 Å². The van der Waals surface area contributed by atoms with E-state index < -0.39 is 0 Å². The summed E-state index contributed by atoms with van der Waals surface area (Å²) in [4.78, 5) is 35.9. The van der Waals surface area contributed by atoms with Gasteiger partial charge in [0.2, 0.25) is 0 Å². The highest BCUT2D eigenvalue weighted by molar-refractivity contribution is 7.59. The number of fused-ring (bicyclic) bond motifs is 2. The maximum atomic E-state index is 13.5. The fourth-order valence-corrected chi connectivity index (χ4v) is 4.98. The van der Waals surface area contributed by atoms with Crippen molar-refractivity contribution in [1.82, 2.24) is 34.7 Å². The first kappa shape index (κ1) is 25.7. The summed E-state index contributed by atoms with van der Waals surface area (Å²) in [5.74, 6) is 1.13. The van der Waals surface area contributed by atoms with Crippen molar-refractivity contribution in [3.8, 4) is 11.4 Å². The molecule has 4 aromatic heterocycles.